The van der Waals surface area contributed by atoms with E-state index in [1.165, 1.54) is 19.3 Å². The highest BCUT2D eigenvalue weighted by Crippen LogP contribution is 2.29. The SMILES string of the molecule is OCc1cnccc1OCCC1CCC1. The first kappa shape index (κ1) is 10.4. The van der Waals surface area contributed by atoms with Gasteiger partial charge in [0.1, 0.15) is 5.75 Å². The van der Waals surface area contributed by atoms with E-state index in [-0.39, 0.29) is 6.61 Å². The molecule has 3 nitrogen and oxygen atoms in total. The maximum Gasteiger partial charge on any atom is 0.127 e. The van der Waals surface area contributed by atoms with Crippen molar-refractivity contribution in [3.63, 3.8) is 0 Å². The van der Waals surface area contributed by atoms with Crippen LogP contribution in [0.25, 0.3) is 0 Å². The fourth-order valence-corrected chi connectivity index (χ4v) is 1.79. The predicted molar refractivity (Wildman–Crippen MR) is 57.6 cm³/mol. The zero-order valence-corrected chi connectivity index (χ0v) is 8.85. The zero-order chi connectivity index (χ0) is 10.5. The van der Waals surface area contributed by atoms with Crippen molar-refractivity contribution < 1.29 is 9.84 Å². The average molecular weight is 207 g/mol. The third-order valence-electron chi connectivity index (χ3n) is 3.04. The quantitative estimate of drug-likeness (QED) is 0.804. The van der Waals surface area contributed by atoms with Gasteiger partial charge < -0.3 is 9.84 Å². The van der Waals surface area contributed by atoms with Crippen molar-refractivity contribution in [3.8, 4) is 5.75 Å². The molecule has 3 heteroatoms. The van der Waals surface area contributed by atoms with Gasteiger partial charge in [0, 0.05) is 18.0 Å². The van der Waals surface area contributed by atoms with Gasteiger partial charge >= 0.3 is 0 Å². The van der Waals surface area contributed by atoms with E-state index in [1.807, 2.05) is 6.07 Å². The van der Waals surface area contributed by atoms with Crippen molar-refractivity contribution in [2.24, 2.45) is 5.92 Å². The van der Waals surface area contributed by atoms with Crippen molar-refractivity contribution in [2.45, 2.75) is 32.3 Å². The second-order valence-corrected chi connectivity index (χ2v) is 4.08. The molecular formula is C12H17NO2. The summed E-state index contributed by atoms with van der Waals surface area (Å²) in [7, 11) is 0. The summed E-state index contributed by atoms with van der Waals surface area (Å²) in [6.45, 7) is 0.744. The van der Waals surface area contributed by atoms with Gasteiger partial charge in [0.15, 0.2) is 0 Å². The summed E-state index contributed by atoms with van der Waals surface area (Å²) in [5, 5.41) is 9.06. The van der Waals surface area contributed by atoms with E-state index in [0.29, 0.717) is 0 Å². The smallest absolute Gasteiger partial charge is 0.127 e. The minimum Gasteiger partial charge on any atom is -0.493 e. The van der Waals surface area contributed by atoms with Gasteiger partial charge in [-0.15, -0.1) is 0 Å². The van der Waals surface area contributed by atoms with Crippen LogP contribution in [-0.4, -0.2) is 16.7 Å². The lowest BCUT2D eigenvalue weighted by molar-refractivity contribution is 0.215. The summed E-state index contributed by atoms with van der Waals surface area (Å²) in [6.07, 6.45) is 8.56. The van der Waals surface area contributed by atoms with E-state index in [1.54, 1.807) is 12.4 Å². The molecule has 0 amide bonds. The summed E-state index contributed by atoms with van der Waals surface area (Å²) in [5.74, 6) is 1.64. The Morgan fingerprint density at radius 2 is 2.33 bits per heavy atom. The number of hydrogen-bond acceptors (Lipinski definition) is 3. The van der Waals surface area contributed by atoms with Gasteiger partial charge in [-0.3, -0.25) is 4.98 Å². The summed E-state index contributed by atoms with van der Waals surface area (Å²) < 4.78 is 5.63. The van der Waals surface area contributed by atoms with Gasteiger partial charge in [-0.1, -0.05) is 19.3 Å². The van der Waals surface area contributed by atoms with E-state index in [4.69, 9.17) is 9.84 Å². The number of hydrogen-bond donors (Lipinski definition) is 1. The molecule has 1 saturated carbocycles. The molecule has 15 heavy (non-hydrogen) atoms. The first-order valence-electron chi connectivity index (χ1n) is 5.56. The molecule has 1 aliphatic rings. The monoisotopic (exact) mass is 207 g/mol. The number of aromatic nitrogens is 1. The van der Waals surface area contributed by atoms with Crippen molar-refractivity contribution in [1.29, 1.82) is 0 Å². The molecule has 1 aromatic rings. The maximum atomic E-state index is 9.06. The molecule has 0 atom stereocenters. The Kier molecular flexibility index (Phi) is 3.56. The van der Waals surface area contributed by atoms with Gasteiger partial charge in [0.2, 0.25) is 0 Å². The Bertz CT molecular complexity index is 310. The number of nitrogens with zero attached hydrogens (tertiary/aromatic N) is 1. The van der Waals surface area contributed by atoms with Crippen LogP contribution < -0.4 is 4.74 Å². The highest BCUT2D eigenvalue weighted by atomic mass is 16.5. The van der Waals surface area contributed by atoms with Crippen molar-refractivity contribution in [2.75, 3.05) is 6.61 Å². The van der Waals surface area contributed by atoms with Crippen molar-refractivity contribution in [3.05, 3.63) is 24.0 Å². The third kappa shape index (κ3) is 2.69. The maximum absolute atomic E-state index is 9.06. The number of aliphatic hydroxyl groups excluding tert-OH is 1. The van der Waals surface area contributed by atoms with E-state index in [9.17, 15) is 0 Å². The standard InChI is InChI=1S/C12H17NO2/c14-9-11-8-13-6-4-12(11)15-7-5-10-2-1-3-10/h4,6,8,10,14H,1-3,5,7,9H2. The Hall–Kier alpha value is -1.09. The van der Waals surface area contributed by atoms with Gasteiger partial charge in [-0.25, -0.2) is 0 Å². The Labute approximate surface area is 90.1 Å². The van der Waals surface area contributed by atoms with Crippen LogP contribution in [-0.2, 0) is 6.61 Å². The van der Waals surface area contributed by atoms with Crippen molar-refractivity contribution >= 4 is 0 Å². The lowest BCUT2D eigenvalue weighted by Crippen LogP contribution is -2.14. The normalized spacial score (nSPS) is 16.1. The fraction of sp³-hybridized carbons (Fsp3) is 0.583. The Balaban J connectivity index is 1.81. The van der Waals surface area contributed by atoms with Crippen LogP contribution in [0.1, 0.15) is 31.2 Å². The highest BCUT2D eigenvalue weighted by Gasteiger charge is 2.17. The summed E-state index contributed by atoms with van der Waals surface area (Å²) >= 11 is 0. The number of rotatable bonds is 5. The van der Waals surface area contributed by atoms with Gasteiger partial charge in [0.05, 0.1) is 13.2 Å². The van der Waals surface area contributed by atoms with E-state index < -0.39 is 0 Å². The lowest BCUT2D eigenvalue weighted by atomic mass is 9.83. The van der Waals surface area contributed by atoms with E-state index in [0.717, 1.165) is 30.3 Å². The average Bonchev–Trinajstić information content (AvgIpc) is 2.22. The molecule has 1 aromatic heterocycles. The molecule has 82 valence electrons. The van der Waals surface area contributed by atoms with Crippen molar-refractivity contribution in [1.82, 2.24) is 4.98 Å². The van der Waals surface area contributed by atoms with E-state index in [2.05, 4.69) is 4.98 Å². The summed E-state index contributed by atoms with van der Waals surface area (Å²) in [4.78, 5) is 3.95. The number of aliphatic hydroxyl groups is 1. The van der Waals surface area contributed by atoms with Crippen LogP contribution in [0.3, 0.4) is 0 Å². The highest BCUT2D eigenvalue weighted by molar-refractivity contribution is 5.29. The van der Waals surface area contributed by atoms with E-state index >= 15 is 0 Å². The molecule has 0 saturated heterocycles. The molecule has 0 radical (unpaired) electrons. The van der Waals surface area contributed by atoms with Crippen LogP contribution >= 0.6 is 0 Å². The first-order chi connectivity index (χ1) is 7.40. The molecule has 0 bridgehead atoms. The molecule has 2 rings (SSSR count). The van der Waals surface area contributed by atoms with Gasteiger partial charge in [-0.2, -0.15) is 0 Å². The first-order valence-corrected chi connectivity index (χ1v) is 5.56. The summed E-state index contributed by atoms with van der Waals surface area (Å²) in [6, 6.07) is 1.81. The number of pyridine rings is 1. The second-order valence-electron chi connectivity index (χ2n) is 4.08. The largest absolute Gasteiger partial charge is 0.493 e. The molecule has 0 spiro atoms. The fourth-order valence-electron chi connectivity index (χ4n) is 1.79. The summed E-state index contributed by atoms with van der Waals surface area (Å²) in [5.41, 5.74) is 0.770. The van der Waals surface area contributed by atoms with Crippen LogP contribution in [0.4, 0.5) is 0 Å². The minimum absolute atomic E-state index is 0.00734. The molecular weight excluding hydrogens is 190 g/mol. The van der Waals surface area contributed by atoms with Crippen LogP contribution in [0, 0.1) is 5.92 Å². The topological polar surface area (TPSA) is 42.4 Å². The predicted octanol–water partition coefficient (Wildman–Crippen LogP) is 2.14. The molecule has 1 aliphatic carbocycles. The molecule has 1 N–H and O–H groups in total. The van der Waals surface area contributed by atoms with Gasteiger partial charge in [0.25, 0.3) is 0 Å². The Morgan fingerprint density at radius 1 is 1.47 bits per heavy atom. The zero-order valence-electron chi connectivity index (χ0n) is 8.85. The molecule has 1 heterocycles. The Morgan fingerprint density at radius 3 is 3.00 bits per heavy atom. The number of ether oxygens (including phenoxy) is 1. The van der Waals surface area contributed by atoms with Crippen LogP contribution in [0.2, 0.25) is 0 Å². The minimum atomic E-state index is -0.00734. The van der Waals surface area contributed by atoms with Gasteiger partial charge in [-0.05, 0) is 18.4 Å². The molecule has 0 aliphatic heterocycles. The van der Waals surface area contributed by atoms with Crippen LogP contribution in [0.15, 0.2) is 18.5 Å². The molecule has 0 aromatic carbocycles. The molecule has 0 unspecified atom stereocenters. The second kappa shape index (κ2) is 5.12. The lowest BCUT2D eigenvalue weighted by Gasteiger charge is -2.25. The molecule has 1 fully saturated rings. The van der Waals surface area contributed by atoms with Crippen LogP contribution in [0.5, 0.6) is 5.75 Å². The third-order valence-corrected chi connectivity index (χ3v) is 3.04.